The lowest BCUT2D eigenvalue weighted by Crippen LogP contribution is -2.30. The molecule has 25 heavy (non-hydrogen) atoms. The predicted octanol–water partition coefficient (Wildman–Crippen LogP) is 2.45. The van der Waals surface area contributed by atoms with Gasteiger partial charge in [-0.25, -0.2) is 4.39 Å². The predicted molar refractivity (Wildman–Crippen MR) is 92.0 cm³/mol. The van der Waals surface area contributed by atoms with Crippen molar-refractivity contribution in [3.8, 4) is 5.75 Å². The zero-order valence-electron chi connectivity index (χ0n) is 13.7. The van der Waals surface area contributed by atoms with E-state index < -0.39 is 5.82 Å². The maximum atomic E-state index is 13.4. The minimum atomic E-state index is -0.489. The van der Waals surface area contributed by atoms with Crippen LogP contribution in [0.1, 0.15) is 17.5 Å². The molecule has 1 heterocycles. The first-order valence-corrected chi connectivity index (χ1v) is 8.17. The molecule has 1 aliphatic rings. The second-order valence-electron chi connectivity index (χ2n) is 5.86. The molecule has 130 valence electrons. The maximum absolute atomic E-state index is 13.4. The van der Waals surface area contributed by atoms with Crippen LogP contribution in [-0.4, -0.2) is 25.0 Å². The molecule has 5 nitrogen and oxygen atoms in total. The summed E-state index contributed by atoms with van der Waals surface area (Å²) in [4.78, 5) is 23.1. The Labute approximate surface area is 145 Å². The number of carbonyl (C=O) groups is 2. The van der Waals surface area contributed by atoms with Gasteiger partial charge < -0.3 is 15.4 Å². The second kappa shape index (κ2) is 7.79. The molecule has 0 unspecified atom stereocenters. The number of ether oxygens (including phenoxy) is 1. The number of amides is 2. The number of halogens is 1. The fourth-order valence-corrected chi connectivity index (χ4v) is 2.69. The molecule has 2 amide bonds. The van der Waals surface area contributed by atoms with Gasteiger partial charge in [0.2, 0.25) is 5.91 Å². The Hall–Kier alpha value is -2.89. The van der Waals surface area contributed by atoms with E-state index in [0.29, 0.717) is 19.4 Å². The summed E-state index contributed by atoms with van der Waals surface area (Å²) in [5.41, 5.74) is 3.07. The van der Waals surface area contributed by atoms with Crippen LogP contribution in [0.3, 0.4) is 0 Å². The minimum absolute atomic E-state index is 0.0439. The average molecular weight is 342 g/mol. The third-order valence-corrected chi connectivity index (χ3v) is 4.00. The molecular weight excluding hydrogens is 323 g/mol. The van der Waals surface area contributed by atoms with Crippen LogP contribution in [0.4, 0.5) is 10.1 Å². The van der Waals surface area contributed by atoms with Gasteiger partial charge in [0.25, 0.3) is 5.91 Å². The van der Waals surface area contributed by atoms with Crippen LogP contribution in [0.5, 0.6) is 5.75 Å². The standard InChI is InChI=1S/C19H19FN2O3/c20-15-3-1-2-4-17(15)25-12-19(24)21-10-9-13-5-7-16-14(11-13)6-8-18(23)22-16/h1-5,7,11H,6,8-10,12H2,(H,21,24)(H,22,23). The summed E-state index contributed by atoms with van der Waals surface area (Å²) in [6.07, 6.45) is 1.91. The molecule has 2 aromatic carbocycles. The lowest BCUT2D eigenvalue weighted by molar-refractivity contribution is -0.123. The molecule has 0 radical (unpaired) electrons. The molecule has 0 aliphatic carbocycles. The van der Waals surface area contributed by atoms with Gasteiger partial charge >= 0.3 is 0 Å². The van der Waals surface area contributed by atoms with Gasteiger partial charge in [-0.2, -0.15) is 0 Å². The molecule has 0 spiro atoms. The smallest absolute Gasteiger partial charge is 0.257 e. The molecule has 2 aromatic rings. The van der Waals surface area contributed by atoms with E-state index in [2.05, 4.69) is 16.7 Å². The number of fused-ring (bicyclic) bond motifs is 1. The first-order chi connectivity index (χ1) is 12.1. The minimum Gasteiger partial charge on any atom is -0.481 e. The van der Waals surface area contributed by atoms with E-state index in [1.54, 1.807) is 12.1 Å². The van der Waals surface area contributed by atoms with Crippen molar-refractivity contribution in [1.29, 1.82) is 0 Å². The summed E-state index contributed by atoms with van der Waals surface area (Å²) in [5.74, 6) is -0.679. The van der Waals surface area contributed by atoms with Crippen LogP contribution in [0.15, 0.2) is 42.5 Å². The first-order valence-electron chi connectivity index (χ1n) is 8.17. The molecule has 0 aromatic heterocycles. The van der Waals surface area contributed by atoms with Crippen molar-refractivity contribution in [2.45, 2.75) is 19.3 Å². The molecule has 2 N–H and O–H groups in total. The fourth-order valence-electron chi connectivity index (χ4n) is 2.69. The van der Waals surface area contributed by atoms with E-state index in [1.807, 2.05) is 12.1 Å². The highest BCUT2D eigenvalue weighted by Gasteiger charge is 2.14. The van der Waals surface area contributed by atoms with Gasteiger partial charge in [0.05, 0.1) is 0 Å². The normalized spacial score (nSPS) is 12.9. The quantitative estimate of drug-likeness (QED) is 0.847. The van der Waals surface area contributed by atoms with Crippen LogP contribution in [0.2, 0.25) is 0 Å². The highest BCUT2D eigenvalue weighted by molar-refractivity contribution is 5.93. The van der Waals surface area contributed by atoms with E-state index in [9.17, 15) is 14.0 Å². The van der Waals surface area contributed by atoms with Gasteiger partial charge in [-0.1, -0.05) is 24.3 Å². The number of rotatable bonds is 6. The molecule has 0 saturated carbocycles. The van der Waals surface area contributed by atoms with Crippen LogP contribution < -0.4 is 15.4 Å². The molecule has 6 heteroatoms. The van der Waals surface area contributed by atoms with Crippen molar-refractivity contribution >= 4 is 17.5 Å². The van der Waals surface area contributed by atoms with Crippen LogP contribution in [-0.2, 0) is 22.4 Å². The van der Waals surface area contributed by atoms with Gasteiger partial charge in [0.15, 0.2) is 18.2 Å². The molecule has 3 rings (SSSR count). The molecular formula is C19H19FN2O3. The summed E-state index contributed by atoms with van der Waals surface area (Å²) < 4.78 is 18.6. The molecule has 0 bridgehead atoms. The lowest BCUT2D eigenvalue weighted by atomic mass is 9.99. The topological polar surface area (TPSA) is 67.4 Å². The van der Waals surface area contributed by atoms with Gasteiger partial charge in [-0.05, 0) is 42.2 Å². The summed E-state index contributed by atoms with van der Waals surface area (Å²) in [7, 11) is 0. The van der Waals surface area contributed by atoms with Gasteiger partial charge in [-0.15, -0.1) is 0 Å². The lowest BCUT2D eigenvalue weighted by Gasteiger charge is -2.17. The summed E-state index contributed by atoms with van der Waals surface area (Å²) in [5, 5.41) is 5.59. The molecule has 0 atom stereocenters. The van der Waals surface area contributed by atoms with E-state index in [1.165, 1.54) is 12.1 Å². The van der Waals surface area contributed by atoms with Crippen molar-refractivity contribution in [2.24, 2.45) is 0 Å². The van der Waals surface area contributed by atoms with Gasteiger partial charge in [0, 0.05) is 18.7 Å². The third-order valence-electron chi connectivity index (χ3n) is 4.00. The number of benzene rings is 2. The van der Waals surface area contributed by atoms with E-state index in [-0.39, 0.29) is 24.2 Å². The van der Waals surface area contributed by atoms with Gasteiger partial charge in [0.1, 0.15) is 0 Å². The highest BCUT2D eigenvalue weighted by Crippen LogP contribution is 2.23. The van der Waals surface area contributed by atoms with Crippen molar-refractivity contribution in [3.05, 3.63) is 59.4 Å². The Kier molecular flexibility index (Phi) is 5.28. The Morgan fingerprint density at radius 1 is 1.20 bits per heavy atom. The Balaban J connectivity index is 1.44. The Morgan fingerprint density at radius 3 is 2.88 bits per heavy atom. The highest BCUT2D eigenvalue weighted by atomic mass is 19.1. The van der Waals surface area contributed by atoms with Crippen molar-refractivity contribution in [2.75, 3.05) is 18.5 Å². The number of anilines is 1. The number of aryl methyl sites for hydroxylation is 1. The average Bonchev–Trinajstić information content (AvgIpc) is 2.61. The zero-order chi connectivity index (χ0) is 17.6. The summed E-state index contributed by atoms with van der Waals surface area (Å²) in [6.45, 7) is 0.238. The van der Waals surface area contributed by atoms with Crippen molar-refractivity contribution < 1.29 is 18.7 Å². The number of nitrogens with one attached hydrogen (secondary N) is 2. The maximum Gasteiger partial charge on any atom is 0.257 e. The van der Waals surface area contributed by atoms with Crippen LogP contribution >= 0.6 is 0 Å². The molecule has 0 fully saturated rings. The second-order valence-corrected chi connectivity index (χ2v) is 5.86. The van der Waals surface area contributed by atoms with Crippen molar-refractivity contribution in [1.82, 2.24) is 5.32 Å². The number of carbonyl (C=O) groups excluding carboxylic acids is 2. The Bertz CT molecular complexity index is 792. The fraction of sp³-hybridized carbons (Fsp3) is 0.263. The van der Waals surface area contributed by atoms with E-state index >= 15 is 0 Å². The van der Waals surface area contributed by atoms with E-state index in [0.717, 1.165) is 23.2 Å². The SMILES string of the molecule is O=C(COc1ccccc1F)NCCc1ccc2c(c1)CCC(=O)N2. The summed E-state index contributed by atoms with van der Waals surface area (Å²) in [6, 6.07) is 11.9. The van der Waals surface area contributed by atoms with Gasteiger partial charge in [-0.3, -0.25) is 9.59 Å². The first kappa shape index (κ1) is 17.0. The largest absolute Gasteiger partial charge is 0.481 e. The molecule has 1 aliphatic heterocycles. The zero-order valence-corrected chi connectivity index (χ0v) is 13.7. The van der Waals surface area contributed by atoms with Crippen LogP contribution in [0.25, 0.3) is 0 Å². The third kappa shape index (κ3) is 4.56. The van der Waals surface area contributed by atoms with Crippen molar-refractivity contribution in [3.63, 3.8) is 0 Å². The summed E-state index contributed by atoms with van der Waals surface area (Å²) >= 11 is 0. The number of para-hydroxylation sites is 1. The van der Waals surface area contributed by atoms with E-state index in [4.69, 9.17) is 4.74 Å². The number of hydrogen-bond acceptors (Lipinski definition) is 3. The van der Waals surface area contributed by atoms with Crippen LogP contribution in [0, 0.1) is 5.82 Å². The molecule has 0 saturated heterocycles. The number of hydrogen-bond donors (Lipinski definition) is 2. The monoisotopic (exact) mass is 342 g/mol. The Morgan fingerprint density at radius 2 is 2.04 bits per heavy atom.